The molecule has 144 valence electrons. The number of methoxy groups -OCH3 is 3. The van der Waals surface area contributed by atoms with Crippen LogP contribution in [0.1, 0.15) is 22.8 Å². The van der Waals surface area contributed by atoms with Gasteiger partial charge >= 0.3 is 5.97 Å². The molecule has 0 saturated carbocycles. The molecule has 7 heteroatoms. The third-order valence-electron chi connectivity index (χ3n) is 3.90. The zero-order chi connectivity index (χ0) is 20.0. The Labute approximate surface area is 158 Å². The Morgan fingerprint density at radius 1 is 0.889 bits per heavy atom. The van der Waals surface area contributed by atoms with Crippen LogP contribution < -0.4 is 19.5 Å². The van der Waals surface area contributed by atoms with Crippen LogP contribution in [0.5, 0.6) is 17.2 Å². The molecular formula is C20H23NO6. The zero-order valence-corrected chi connectivity index (χ0v) is 16.0. The van der Waals surface area contributed by atoms with Crippen LogP contribution in [0.3, 0.4) is 0 Å². The fourth-order valence-corrected chi connectivity index (χ4v) is 2.35. The molecule has 1 N–H and O–H groups in total. The number of carbonyl (C=O) groups is 2. The number of rotatable bonds is 7. The van der Waals surface area contributed by atoms with E-state index in [1.54, 1.807) is 12.1 Å². The summed E-state index contributed by atoms with van der Waals surface area (Å²) in [5.74, 6) is -0.132. The molecule has 0 unspecified atom stereocenters. The number of anilines is 1. The van der Waals surface area contributed by atoms with Crippen LogP contribution in [0.2, 0.25) is 0 Å². The lowest BCUT2D eigenvalue weighted by Gasteiger charge is -2.16. The Kier molecular flexibility index (Phi) is 6.65. The van der Waals surface area contributed by atoms with E-state index in [1.165, 1.54) is 40.4 Å². The highest BCUT2D eigenvalue weighted by Crippen LogP contribution is 2.35. The van der Waals surface area contributed by atoms with Crippen molar-refractivity contribution < 1.29 is 28.5 Å². The minimum atomic E-state index is -1.00. The maximum atomic E-state index is 12.5. The average molecular weight is 373 g/mol. The molecule has 0 aliphatic heterocycles. The number of hydrogen-bond donors (Lipinski definition) is 1. The monoisotopic (exact) mass is 373 g/mol. The van der Waals surface area contributed by atoms with Gasteiger partial charge in [0.25, 0.3) is 5.91 Å². The van der Waals surface area contributed by atoms with Gasteiger partial charge in [-0.25, -0.2) is 4.79 Å². The Morgan fingerprint density at radius 3 is 2.00 bits per heavy atom. The Hall–Kier alpha value is -3.22. The Balaban J connectivity index is 2.13. The van der Waals surface area contributed by atoms with E-state index in [0.29, 0.717) is 17.2 Å². The number of nitrogens with one attached hydrogen (secondary N) is 1. The van der Waals surface area contributed by atoms with Gasteiger partial charge in [-0.2, -0.15) is 0 Å². The normalized spacial score (nSPS) is 11.3. The Morgan fingerprint density at radius 2 is 1.44 bits per heavy atom. The number of hydrogen-bond acceptors (Lipinski definition) is 6. The molecule has 7 nitrogen and oxygen atoms in total. The molecule has 1 atom stereocenters. The number of esters is 1. The third kappa shape index (κ3) is 4.91. The summed E-state index contributed by atoms with van der Waals surface area (Å²) in [4.78, 5) is 24.8. The van der Waals surface area contributed by atoms with Gasteiger partial charge in [0, 0.05) is 17.8 Å². The zero-order valence-electron chi connectivity index (χ0n) is 16.0. The maximum Gasteiger partial charge on any atom is 0.342 e. The molecule has 0 aliphatic carbocycles. The van der Waals surface area contributed by atoms with E-state index in [1.807, 2.05) is 19.1 Å². The molecule has 1 amide bonds. The topological polar surface area (TPSA) is 83.1 Å². The standard InChI is InChI=1S/C20H23NO6/c1-12-6-8-14(9-7-12)21-19(22)13(2)27-20(23)15-10-17(25-4)18(26-5)11-16(15)24-3/h6-11,13H,1-5H3,(H,21,22)/t13-/m1/s1. The number of aryl methyl sites for hydroxylation is 1. The summed E-state index contributed by atoms with van der Waals surface area (Å²) in [6.07, 6.45) is -1.00. The maximum absolute atomic E-state index is 12.5. The van der Waals surface area contributed by atoms with Gasteiger partial charge in [-0.05, 0) is 26.0 Å². The lowest BCUT2D eigenvalue weighted by molar-refractivity contribution is -0.123. The summed E-state index contributed by atoms with van der Waals surface area (Å²) >= 11 is 0. The molecule has 2 aromatic rings. The predicted octanol–water partition coefficient (Wildman–Crippen LogP) is 3.20. The highest BCUT2D eigenvalue weighted by atomic mass is 16.6. The van der Waals surface area contributed by atoms with Crippen molar-refractivity contribution in [1.29, 1.82) is 0 Å². The smallest absolute Gasteiger partial charge is 0.342 e. The first-order valence-electron chi connectivity index (χ1n) is 8.28. The number of amides is 1. The van der Waals surface area contributed by atoms with E-state index in [2.05, 4.69) is 5.32 Å². The quantitative estimate of drug-likeness (QED) is 0.751. The molecule has 0 fully saturated rings. The second-order valence-corrected chi connectivity index (χ2v) is 5.81. The third-order valence-corrected chi connectivity index (χ3v) is 3.90. The van der Waals surface area contributed by atoms with E-state index in [9.17, 15) is 9.59 Å². The molecule has 0 aromatic heterocycles. The first-order valence-corrected chi connectivity index (χ1v) is 8.28. The number of carbonyl (C=O) groups excluding carboxylic acids is 2. The first kappa shape index (κ1) is 20.1. The van der Waals surface area contributed by atoms with Crippen molar-refractivity contribution in [3.8, 4) is 17.2 Å². The number of ether oxygens (including phenoxy) is 4. The predicted molar refractivity (Wildman–Crippen MR) is 101 cm³/mol. The van der Waals surface area contributed by atoms with Crippen molar-refractivity contribution >= 4 is 17.6 Å². The van der Waals surface area contributed by atoms with E-state index in [0.717, 1.165) is 5.56 Å². The van der Waals surface area contributed by atoms with E-state index in [4.69, 9.17) is 18.9 Å². The van der Waals surface area contributed by atoms with Crippen molar-refractivity contribution in [3.63, 3.8) is 0 Å². The summed E-state index contributed by atoms with van der Waals surface area (Å²) in [6.45, 7) is 3.45. The van der Waals surface area contributed by atoms with Gasteiger partial charge in [0.2, 0.25) is 0 Å². The van der Waals surface area contributed by atoms with Crippen molar-refractivity contribution in [3.05, 3.63) is 47.5 Å². The van der Waals surface area contributed by atoms with Gasteiger partial charge in [-0.15, -0.1) is 0 Å². The van der Waals surface area contributed by atoms with Crippen LogP contribution in [0, 0.1) is 6.92 Å². The highest BCUT2D eigenvalue weighted by Gasteiger charge is 2.23. The largest absolute Gasteiger partial charge is 0.496 e. The molecule has 0 spiro atoms. The average Bonchev–Trinajstić information content (AvgIpc) is 2.68. The Bertz CT molecular complexity index is 816. The summed E-state index contributed by atoms with van der Waals surface area (Å²) in [5.41, 5.74) is 1.83. The van der Waals surface area contributed by atoms with Crippen LogP contribution in [-0.4, -0.2) is 39.3 Å². The van der Waals surface area contributed by atoms with Crippen LogP contribution in [0.4, 0.5) is 5.69 Å². The van der Waals surface area contributed by atoms with Crippen molar-refractivity contribution in [2.75, 3.05) is 26.6 Å². The first-order chi connectivity index (χ1) is 12.9. The molecule has 2 rings (SSSR count). The molecule has 0 radical (unpaired) electrons. The number of benzene rings is 2. The van der Waals surface area contributed by atoms with Gasteiger partial charge < -0.3 is 24.3 Å². The second-order valence-electron chi connectivity index (χ2n) is 5.81. The summed E-state index contributed by atoms with van der Waals surface area (Å²) in [6, 6.07) is 10.3. The molecule has 0 heterocycles. The molecular weight excluding hydrogens is 350 g/mol. The van der Waals surface area contributed by atoms with Gasteiger partial charge in [0.1, 0.15) is 11.3 Å². The van der Waals surface area contributed by atoms with E-state index >= 15 is 0 Å². The molecule has 0 saturated heterocycles. The van der Waals surface area contributed by atoms with Crippen LogP contribution >= 0.6 is 0 Å². The van der Waals surface area contributed by atoms with Gasteiger partial charge in [-0.1, -0.05) is 17.7 Å². The van der Waals surface area contributed by atoms with Crippen LogP contribution in [0.25, 0.3) is 0 Å². The summed E-state index contributed by atoms with van der Waals surface area (Å²) in [7, 11) is 4.36. The summed E-state index contributed by atoms with van der Waals surface area (Å²) < 4.78 is 20.9. The second kappa shape index (κ2) is 8.93. The SMILES string of the molecule is COc1cc(OC)c(C(=O)O[C@H](C)C(=O)Nc2ccc(C)cc2)cc1OC. The van der Waals surface area contributed by atoms with Crippen molar-refractivity contribution in [2.45, 2.75) is 20.0 Å². The van der Waals surface area contributed by atoms with Gasteiger partial charge in [0.05, 0.1) is 21.3 Å². The van der Waals surface area contributed by atoms with Crippen molar-refractivity contribution in [1.82, 2.24) is 0 Å². The van der Waals surface area contributed by atoms with Crippen molar-refractivity contribution in [2.24, 2.45) is 0 Å². The molecule has 2 aromatic carbocycles. The molecule has 0 bridgehead atoms. The van der Waals surface area contributed by atoms with Gasteiger partial charge in [-0.3, -0.25) is 4.79 Å². The lowest BCUT2D eigenvalue weighted by atomic mass is 10.1. The van der Waals surface area contributed by atoms with Crippen LogP contribution in [-0.2, 0) is 9.53 Å². The van der Waals surface area contributed by atoms with E-state index in [-0.39, 0.29) is 11.3 Å². The minimum Gasteiger partial charge on any atom is -0.496 e. The van der Waals surface area contributed by atoms with E-state index < -0.39 is 18.0 Å². The fraction of sp³-hybridized carbons (Fsp3) is 0.300. The molecule has 27 heavy (non-hydrogen) atoms. The lowest BCUT2D eigenvalue weighted by Crippen LogP contribution is -2.30. The minimum absolute atomic E-state index is 0.130. The van der Waals surface area contributed by atoms with Crippen LogP contribution in [0.15, 0.2) is 36.4 Å². The fourth-order valence-electron chi connectivity index (χ4n) is 2.35. The summed E-state index contributed by atoms with van der Waals surface area (Å²) in [5, 5.41) is 2.70. The highest BCUT2D eigenvalue weighted by molar-refractivity contribution is 5.98. The molecule has 0 aliphatic rings. The van der Waals surface area contributed by atoms with Gasteiger partial charge in [0.15, 0.2) is 17.6 Å².